The van der Waals surface area contributed by atoms with Crippen molar-refractivity contribution in [2.45, 2.75) is 31.9 Å². The zero-order chi connectivity index (χ0) is 13.5. The Morgan fingerprint density at radius 1 is 1.33 bits per heavy atom. The monoisotopic (exact) mass is 260 g/mol. The maximum atomic E-state index is 12.4. The van der Waals surface area contributed by atoms with Gasteiger partial charge < -0.3 is 10.6 Å². The quantitative estimate of drug-likeness (QED) is 0.905. The first-order chi connectivity index (χ1) is 8.28. The van der Waals surface area contributed by atoms with Crippen LogP contribution < -0.4 is 10.6 Å². The number of anilines is 2. The van der Waals surface area contributed by atoms with E-state index in [1.54, 1.807) is 6.92 Å². The van der Waals surface area contributed by atoms with Crippen LogP contribution in [0.4, 0.5) is 24.8 Å². The highest BCUT2D eigenvalue weighted by Crippen LogP contribution is 2.39. The Labute approximate surface area is 103 Å². The number of halogens is 3. The maximum Gasteiger partial charge on any atom is 0.405 e. The van der Waals surface area contributed by atoms with E-state index in [0.29, 0.717) is 11.4 Å². The Balaban J connectivity index is 2.30. The van der Waals surface area contributed by atoms with Gasteiger partial charge in [0, 0.05) is 18.5 Å². The highest BCUT2D eigenvalue weighted by Gasteiger charge is 2.32. The highest BCUT2D eigenvalue weighted by molar-refractivity contribution is 5.56. The van der Waals surface area contributed by atoms with Gasteiger partial charge in [-0.3, -0.25) is 0 Å². The maximum absolute atomic E-state index is 12.4. The number of rotatable bonds is 3. The van der Waals surface area contributed by atoms with Gasteiger partial charge in [0.1, 0.15) is 24.0 Å². The molecule has 1 aromatic rings. The van der Waals surface area contributed by atoms with Gasteiger partial charge in [0.05, 0.1) is 0 Å². The van der Waals surface area contributed by atoms with E-state index in [9.17, 15) is 13.2 Å². The van der Waals surface area contributed by atoms with Crippen LogP contribution in [0.15, 0.2) is 0 Å². The molecule has 1 aromatic heterocycles. The van der Waals surface area contributed by atoms with Crippen molar-refractivity contribution in [2.24, 2.45) is 0 Å². The lowest BCUT2D eigenvalue weighted by Crippen LogP contribution is -2.32. The smallest absolute Gasteiger partial charge is 0.383 e. The second-order valence-corrected chi connectivity index (χ2v) is 4.66. The number of nitrogens with two attached hydrogens (primary N) is 1. The molecule has 2 rings (SSSR count). The second kappa shape index (κ2) is 4.29. The SMILES string of the molecule is Cc1c(N)nc(C2CC2)nc1N(C)CC(F)(F)F. The predicted octanol–water partition coefficient (Wildman–Crippen LogP) is 2.24. The lowest BCUT2D eigenvalue weighted by Gasteiger charge is -2.22. The Bertz CT molecular complexity index is 454. The fourth-order valence-electron chi connectivity index (χ4n) is 1.78. The van der Waals surface area contributed by atoms with Gasteiger partial charge in [-0.05, 0) is 19.8 Å². The van der Waals surface area contributed by atoms with Crippen molar-refractivity contribution in [2.75, 3.05) is 24.2 Å². The zero-order valence-electron chi connectivity index (χ0n) is 10.3. The molecule has 0 unspecified atom stereocenters. The van der Waals surface area contributed by atoms with E-state index in [2.05, 4.69) is 9.97 Å². The van der Waals surface area contributed by atoms with Gasteiger partial charge in [-0.15, -0.1) is 0 Å². The van der Waals surface area contributed by atoms with Crippen LogP contribution >= 0.6 is 0 Å². The molecule has 1 aliphatic carbocycles. The van der Waals surface area contributed by atoms with Crippen molar-refractivity contribution < 1.29 is 13.2 Å². The molecule has 0 spiro atoms. The van der Waals surface area contributed by atoms with E-state index in [-0.39, 0.29) is 17.6 Å². The van der Waals surface area contributed by atoms with Crippen LogP contribution in [-0.4, -0.2) is 29.7 Å². The third-order valence-corrected chi connectivity index (χ3v) is 2.90. The third kappa shape index (κ3) is 2.83. The first kappa shape index (κ1) is 12.9. The standard InChI is InChI=1S/C11H15F3N4/c1-6-8(15)16-9(7-3-4-7)17-10(6)18(2)5-11(12,13)14/h7H,3-5H2,1-2H3,(H2,15,16,17). The first-order valence-corrected chi connectivity index (χ1v) is 5.70. The average molecular weight is 260 g/mol. The molecule has 0 amide bonds. The van der Waals surface area contributed by atoms with Gasteiger partial charge in [-0.2, -0.15) is 13.2 Å². The van der Waals surface area contributed by atoms with Crippen LogP contribution in [0.3, 0.4) is 0 Å². The summed E-state index contributed by atoms with van der Waals surface area (Å²) in [6, 6.07) is 0. The van der Waals surface area contributed by atoms with Crippen molar-refractivity contribution in [3.8, 4) is 0 Å². The van der Waals surface area contributed by atoms with E-state index in [1.165, 1.54) is 7.05 Å². The summed E-state index contributed by atoms with van der Waals surface area (Å²) in [4.78, 5) is 9.42. The number of hydrogen-bond acceptors (Lipinski definition) is 4. The van der Waals surface area contributed by atoms with Crippen molar-refractivity contribution >= 4 is 11.6 Å². The molecular formula is C11H15F3N4. The van der Waals surface area contributed by atoms with Crippen LogP contribution in [0.2, 0.25) is 0 Å². The average Bonchev–Trinajstić information content (AvgIpc) is 3.02. The van der Waals surface area contributed by atoms with Gasteiger partial charge in [0.2, 0.25) is 0 Å². The predicted molar refractivity (Wildman–Crippen MR) is 62.5 cm³/mol. The summed E-state index contributed by atoms with van der Waals surface area (Å²) in [5.74, 6) is 1.34. The molecule has 0 aliphatic heterocycles. The molecule has 18 heavy (non-hydrogen) atoms. The van der Waals surface area contributed by atoms with Gasteiger partial charge in [0.25, 0.3) is 0 Å². The number of aromatic nitrogens is 2. The van der Waals surface area contributed by atoms with E-state index in [1.807, 2.05) is 0 Å². The summed E-state index contributed by atoms with van der Waals surface area (Å²) >= 11 is 0. The molecule has 7 heteroatoms. The number of nitrogen functional groups attached to an aromatic ring is 1. The largest absolute Gasteiger partial charge is 0.405 e. The molecule has 4 nitrogen and oxygen atoms in total. The van der Waals surface area contributed by atoms with Gasteiger partial charge in [0.15, 0.2) is 0 Å². The van der Waals surface area contributed by atoms with Crippen LogP contribution in [0.1, 0.15) is 30.1 Å². The second-order valence-electron chi connectivity index (χ2n) is 4.66. The minimum absolute atomic E-state index is 0.255. The van der Waals surface area contributed by atoms with Gasteiger partial charge >= 0.3 is 6.18 Å². The van der Waals surface area contributed by atoms with Crippen molar-refractivity contribution in [3.63, 3.8) is 0 Å². The Hall–Kier alpha value is -1.53. The molecule has 0 bridgehead atoms. The van der Waals surface area contributed by atoms with Crippen molar-refractivity contribution in [3.05, 3.63) is 11.4 Å². The fraction of sp³-hybridized carbons (Fsp3) is 0.636. The molecule has 100 valence electrons. The Morgan fingerprint density at radius 3 is 2.44 bits per heavy atom. The molecule has 1 saturated carbocycles. The molecule has 0 radical (unpaired) electrons. The molecule has 0 saturated heterocycles. The number of nitrogens with zero attached hydrogens (tertiary/aromatic N) is 3. The number of hydrogen-bond donors (Lipinski definition) is 1. The Kier molecular flexibility index (Phi) is 3.08. The van der Waals surface area contributed by atoms with Crippen molar-refractivity contribution in [1.82, 2.24) is 9.97 Å². The van der Waals surface area contributed by atoms with Crippen LogP contribution in [0.25, 0.3) is 0 Å². The van der Waals surface area contributed by atoms with Gasteiger partial charge in [-0.25, -0.2) is 9.97 Å². The van der Waals surface area contributed by atoms with Crippen LogP contribution in [0.5, 0.6) is 0 Å². The van der Waals surface area contributed by atoms with Gasteiger partial charge in [-0.1, -0.05) is 0 Å². The van der Waals surface area contributed by atoms with Crippen LogP contribution in [-0.2, 0) is 0 Å². The number of alkyl halides is 3. The summed E-state index contributed by atoms with van der Waals surface area (Å²) in [6.07, 6.45) is -2.31. The molecule has 1 fully saturated rings. The molecule has 2 N–H and O–H groups in total. The third-order valence-electron chi connectivity index (χ3n) is 2.90. The minimum atomic E-state index is -4.26. The lowest BCUT2D eigenvalue weighted by atomic mass is 10.2. The summed E-state index contributed by atoms with van der Waals surface area (Å²) in [6.45, 7) is 0.586. The summed E-state index contributed by atoms with van der Waals surface area (Å²) < 4.78 is 37.1. The summed E-state index contributed by atoms with van der Waals surface area (Å²) in [5, 5.41) is 0. The van der Waals surface area contributed by atoms with E-state index < -0.39 is 12.7 Å². The molecule has 0 atom stereocenters. The Morgan fingerprint density at radius 2 is 1.94 bits per heavy atom. The minimum Gasteiger partial charge on any atom is -0.383 e. The van der Waals surface area contributed by atoms with E-state index in [0.717, 1.165) is 17.7 Å². The zero-order valence-corrected chi connectivity index (χ0v) is 10.3. The first-order valence-electron chi connectivity index (χ1n) is 5.70. The van der Waals surface area contributed by atoms with Crippen LogP contribution in [0, 0.1) is 6.92 Å². The topological polar surface area (TPSA) is 55.0 Å². The summed E-state index contributed by atoms with van der Waals surface area (Å²) in [5.41, 5.74) is 6.22. The highest BCUT2D eigenvalue weighted by atomic mass is 19.4. The molecule has 1 heterocycles. The molecule has 0 aromatic carbocycles. The van der Waals surface area contributed by atoms with Crippen molar-refractivity contribution in [1.29, 1.82) is 0 Å². The molecular weight excluding hydrogens is 245 g/mol. The van der Waals surface area contributed by atoms with E-state index in [4.69, 9.17) is 5.73 Å². The lowest BCUT2D eigenvalue weighted by molar-refractivity contribution is -0.119. The van der Waals surface area contributed by atoms with E-state index >= 15 is 0 Å². The molecule has 1 aliphatic rings. The normalized spacial score (nSPS) is 15.8. The summed E-state index contributed by atoms with van der Waals surface area (Å²) in [7, 11) is 1.36. The fourth-order valence-corrected chi connectivity index (χ4v) is 1.78.